The molecule has 0 spiro atoms. The standard InChI is InChI=1S/C26H29N7O5/c1-36-18-6-7-21-17(14-18)15-20(25(34)27-21)23(24-28-29-30-33(24)16-19-4-2-12-37-19)31-8-10-32(11-9-31)26(35)22-5-3-13-38-22/h3,5-7,13-15,19,23H,2,4,8-12,16H2,1H3,(H,27,34)/t19-,23-/m1/s1. The molecule has 0 aliphatic carbocycles. The van der Waals surface area contributed by atoms with Crippen LogP contribution in [0.2, 0.25) is 0 Å². The second-order valence-corrected chi connectivity index (χ2v) is 9.57. The number of hydrogen-bond donors (Lipinski definition) is 1. The van der Waals surface area contributed by atoms with Crippen LogP contribution in [-0.2, 0) is 11.3 Å². The van der Waals surface area contributed by atoms with E-state index in [9.17, 15) is 9.59 Å². The Bertz CT molecular complexity index is 1470. The first-order chi connectivity index (χ1) is 18.6. The molecule has 6 rings (SSSR count). The highest BCUT2D eigenvalue weighted by Gasteiger charge is 2.34. The van der Waals surface area contributed by atoms with Crippen molar-refractivity contribution in [2.75, 3.05) is 39.9 Å². The van der Waals surface area contributed by atoms with E-state index >= 15 is 0 Å². The molecule has 5 heterocycles. The fourth-order valence-electron chi connectivity index (χ4n) is 5.29. The number of fused-ring (bicyclic) bond motifs is 1. The summed E-state index contributed by atoms with van der Waals surface area (Å²) in [5, 5.41) is 13.5. The van der Waals surface area contributed by atoms with E-state index in [1.807, 2.05) is 24.3 Å². The highest BCUT2D eigenvalue weighted by atomic mass is 16.5. The van der Waals surface area contributed by atoms with E-state index in [1.165, 1.54) is 6.26 Å². The summed E-state index contributed by atoms with van der Waals surface area (Å²) in [5.41, 5.74) is 1.03. The summed E-state index contributed by atoms with van der Waals surface area (Å²) in [6.45, 7) is 3.24. The van der Waals surface area contributed by atoms with Crippen LogP contribution in [0.25, 0.3) is 10.9 Å². The van der Waals surface area contributed by atoms with Gasteiger partial charge in [0.1, 0.15) is 11.8 Å². The molecule has 2 aliphatic rings. The van der Waals surface area contributed by atoms with E-state index in [-0.39, 0.29) is 17.6 Å². The Balaban J connectivity index is 1.36. The average molecular weight is 520 g/mol. The number of aromatic nitrogens is 5. The van der Waals surface area contributed by atoms with Gasteiger partial charge >= 0.3 is 0 Å². The molecule has 0 radical (unpaired) electrons. The quantitative estimate of drug-likeness (QED) is 0.388. The molecule has 12 heteroatoms. The van der Waals surface area contributed by atoms with Crippen LogP contribution < -0.4 is 10.3 Å². The Hall–Kier alpha value is -4.03. The van der Waals surface area contributed by atoms with Gasteiger partial charge in [-0.2, -0.15) is 0 Å². The van der Waals surface area contributed by atoms with Gasteiger partial charge in [-0.3, -0.25) is 14.5 Å². The molecule has 0 unspecified atom stereocenters. The van der Waals surface area contributed by atoms with Gasteiger partial charge in [-0.05, 0) is 59.7 Å². The number of piperazine rings is 1. The van der Waals surface area contributed by atoms with E-state index in [4.69, 9.17) is 13.9 Å². The summed E-state index contributed by atoms with van der Waals surface area (Å²) in [6, 6.07) is 10.3. The number of amides is 1. The zero-order chi connectivity index (χ0) is 26.1. The summed E-state index contributed by atoms with van der Waals surface area (Å²) >= 11 is 0. The number of aromatic amines is 1. The molecule has 1 amide bonds. The van der Waals surface area contributed by atoms with E-state index in [1.54, 1.807) is 28.8 Å². The van der Waals surface area contributed by atoms with Gasteiger partial charge in [0.25, 0.3) is 11.5 Å². The van der Waals surface area contributed by atoms with Crippen molar-refractivity contribution in [3.8, 4) is 5.75 Å². The first-order valence-corrected chi connectivity index (χ1v) is 12.8. The van der Waals surface area contributed by atoms with E-state index in [0.29, 0.717) is 61.1 Å². The van der Waals surface area contributed by atoms with Gasteiger partial charge in [0.05, 0.1) is 26.0 Å². The Morgan fingerprint density at radius 3 is 2.82 bits per heavy atom. The fourth-order valence-corrected chi connectivity index (χ4v) is 5.29. The lowest BCUT2D eigenvalue weighted by atomic mass is 10.0. The van der Waals surface area contributed by atoms with Crippen molar-refractivity contribution in [1.29, 1.82) is 0 Å². The molecule has 2 saturated heterocycles. The molecule has 38 heavy (non-hydrogen) atoms. The van der Waals surface area contributed by atoms with Gasteiger partial charge < -0.3 is 23.8 Å². The third-order valence-corrected chi connectivity index (χ3v) is 7.28. The Labute approximate surface area is 218 Å². The highest BCUT2D eigenvalue weighted by molar-refractivity contribution is 5.91. The molecule has 198 valence electrons. The summed E-state index contributed by atoms with van der Waals surface area (Å²) in [4.78, 5) is 33.2. The normalized spacial score (nSPS) is 19.2. The number of benzene rings is 1. The van der Waals surface area contributed by atoms with E-state index in [2.05, 4.69) is 25.4 Å². The van der Waals surface area contributed by atoms with E-state index in [0.717, 1.165) is 24.8 Å². The molecular weight excluding hydrogens is 490 g/mol. The molecule has 0 saturated carbocycles. The summed E-state index contributed by atoms with van der Waals surface area (Å²) < 4.78 is 18.3. The number of carbonyl (C=O) groups excluding carboxylic acids is 1. The number of nitrogens with one attached hydrogen (secondary N) is 1. The van der Waals surface area contributed by atoms with Crippen LogP contribution in [0.5, 0.6) is 5.75 Å². The zero-order valence-electron chi connectivity index (χ0n) is 21.1. The average Bonchev–Trinajstić information content (AvgIpc) is 3.74. The third-order valence-electron chi connectivity index (χ3n) is 7.28. The number of nitrogens with zero attached hydrogens (tertiary/aromatic N) is 6. The number of carbonyl (C=O) groups is 1. The van der Waals surface area contributed by atoms with Crippen molar-refractivity contribution in [2.45, 2.75) is 31.5 Å². The van der Waals surface area contributed by atoms with Crippen molar-refractivity contribution in [2.24, 2.45) is 0 Å². The molecule has 3 aromatic heterocycles. The monoisotopic (exact) mass is 519 g/mol. The number of hydrogen-bond acceptors (Lipinski definition) is 9. The molecule has 1 aromatic carbocycles. The van der Waals surface area contributed by atoms with Gasteiger partial charge in [-0.25, -0.2) is 4.68 Å². The topological polar surface area (TPSA) is 132 Å². The first-order valence-electron chi connectivity index (χ1n) is 12.8. The molecule has 12 nitrogen and oxygen atoms in total. The van der Waals surface area contributed by atoms with Crippen molar-refractivity contribution >= 4 is 16.8 Å². The maximum Gasteiger partial charge on any atom is 0.289 e. The van der Waals surface area contributed by atoms with Crippen molar-refractivity contribution < 1.29 is 18.7 Å². The van der Waals surface area contributed by atoms with Gasteiger partial charge in [0.2, 0.25) is 0 Å². The summed E-state index contributed by atoms with van der Waals surface area (Å²) in [5.74, 6) is 1.43. The minimum atomic E-state index is -0.522. The molecule has 0 bridgehead atoms. The van der Waals surface area contributed by atoms with Crippen LogP contribution in [0.4, 0.5) is 0 Å². The van der Waals surface area contributed by atoms with Crippen LogP contribution >= 0.6 is 0 Å². The smallest absolute Gasteiger partial charge is 0.289 e. The summed E-state index contributed by atoms with van der Waals surface area (Å²) in [7, 11) is 1.61. The maximum atomic E-state index is 13.5. The molecule has 4 aromatic rings. The summed E-state index contributed by atoms with van der Waals surface area (Å²) in [6.07, 6.45) is 3.46. The zero-order valence-corrected chi connectivity index (χ0v) is 21.1. The lowest BCUT2D eigenvalue weighted by Gasteiger charge is -2.38. The van der Waals surface area contributed by atoms with Crippen LogP contribution in [-0.4, -0.2) is 86.9 Å². The number of furan rings is 1. The molecular formula is C26H29N7O5. The number of tetrazole rings is 1. The number of pyridine rings is 1. The number of methoxy groups -OCH3 is 1. The molecule has 1 N–H and O–H groups in total. The SMILES string of the molecule is COc1ccc2[nH]c(=O)c([C@H](c3nnnn3C[C@H]3CCCO3)N3CCN(C(=O)c4ccco4)CC3)cc2c1. The van der Waals surface area contributed by atoms with Gasteiger partial charge in [-0.15, -0.1) is 5.10 Å². The fraction of sp³-hybridized carbons (Fsp3) is 0.423. The second kappa shape index (κ2) is 10.4. The van der Waals surface area contributed by atoms with Gasteiger partial charge in [0.15, 0.2) is 11.6 Å². The largest absolute Gasteiger partial charge is 0.497 e. The lowest BCUT2D eigenvalue weighted by molar-refractivity contribution is 0.0550. The van der Waals surface area contributed by atoms with Crippen LogP contribution in [0.15, 0.2) is 51.9 Å². The number of H-pyrrole nitrogens is 1. The lowest BCUT2D eigenvalue weighted by Crippen LogP contribution is -2.50. The Kier molecular flexibility index (Phi) is 6.64. The maximum absolute atomic E-state index is 13.5. The van der Waals surface area contributed by atoms with Gasteiger partial charge in [-0.1, -0.05) is 0 Å². The highest BCUT2D eigenvalue weighted by Crippen LogP contribution is 2.29. The second-order valence-electron chi connectivity index (χ2n) is 9.57. The van der Waals surface area contributed by atoms with E-state index < -0.39 is 6.04 Å². The van der Waals surface area contributed by atoms with Crippen LogP contribution in [0, 0.1) is 0 Å². The van der Waals surface area contributed by atoms with Crippen molar-refractivity contribution in [3.05, 3.63) is 70.2 Å². The van der Waals surface area contributed by atoms with Crippen molar-refractivity contribution in [1.82, 2.24) is 35.0 Å². The number of rotatable bonds is 7. The minimum Gasteiger partial charge on any atom is -0.497 e. The predicted octanol–water partition coefficient (Wildman–Crippen LogP) is 1.84. The first kappa shape index (κ1) is 24.3. The minimum absolute atomic E-state index is 0.0276. The van der Waals surface area contributed by atoms with Crippen LogP contribution in [0.3, 0.4) is 0 Å². The Morgan fingerprint density at radius 1 is 1.21 bits per heavy atom. The molecule has 2 fully saturated rings. The predicted molar refractivity (Wildman–Crippen MR) is 136 cm³/mol. The Morgan fingerprint density at radius 2 is 2.08 bits per heavy atom. The van der Waals surface area contributed by atoms with Crippen molar-refractivity contribution in [3.63, 3.8) is 0 Å². The number of ether oxygens (including phenoxy) is 2. The molecule has 2 atom stereocenters. The molecule has 2 aliphatic heterocycles. The van der Waals surface area contributed by atoms with Crippen LogP contribution in [0.1, 0.15) is 40.8 Å². The third kappa shape index (κ3) is 4.68. The van der Waals surface area contributed by atoms with Gasteiger partial charge in [0, 0.05) is 49.3 Å².